The van der Waals surface area contributed by atoms with Crippen molar-refractivity contribution in [3.63, 3.8) is 0 Å². The molecule has 3 heterocycles. The van der Waals surface area contributed by atoms with Crippen LogP contribution in [0.1, 0.15) is 12.8 Å². The van der Waals surface area contributed by atoms with Crippen molar-refractivity contribution in [2.75, 3.05) is 26.3 Å². The molecule has 0 saturated carbocycles. The van der Waals surface area contributed by atoms with Crippen molar-refractivity contribution >= 4 is 0 Å². The van der Waals surface area contributed by atoms with Crippen LogP contribution in [0.15, 0.2) is 12.5 Å². The second-order valence-electron chi connectivity index (χ2n) is 4.87. The second-order valence-corrected chi connectivity index (χ2v) is 4.87. The summed E-state index contributed by atoms with van der Waals surface area (Å²) in [6, 6.07) is 0. The number of imidazole rings is 1. The molecule has 1 aromatic rings. The summed E-state index contributed by atoms with van der Waals surface area (Å²) in [7, 11) is 1.93. The Balaban J connectivity index is 1.51. The molecule has 0 aromatic carbocycles. The first kappa shape index (κ1) is 12.0. The van der Waals surface area contributed by atoms with Gasteiger partial charge in [0.05, 0.1) is 25.7 Å². The van der Waals surface area contributed by atoms with Gasteiger partial charge >= 0.3 is 0 Å². The van der Waals surface area contributed by atoms with Crippen LogP contribution < -0.4 is 4.84 Å². The first-order valence-electron chi connectivity index (χ1n) is 6.45. The minimum Gasteiger partial charge on any atom is -0.384 e. The number of aromatic nitrogens is 2. The molecule has 0 N–H and O–H groups in total. The quantitative estimate of drug-likeness (QED) is 0.797. The number of aryl methyl sites for hydroxylation is 1. The normalized spacial score (nSPS) is 26.6. The summed E-state index contributed by atoms with van der Waals surface area (Å²) in [6.07, 6.45) is 5.57. The maximum Gasteiger partial charge on any atom is 0.255 e. The molecule has 2 saturated heterocycles. The van der Waals surface area contributed by atoms with Crippen molar-refractivity contribution < 1.29 is 14.3 Å². The summed E-state index contributed by atoms with van der Waals surface area (Å²) in [5.41, 5.74) is 0. The molecule has 0 spiro atoms. The van der Waals surface area contributed by atoms with Gasteiger partial charge in [-0.15, -0.1) is 5.06 Å². The molecule has 6 heteroatoms. The van der Waals surface area contributed by atoms with E-state index in [-0.39, 0.29) is 6.29 Å². The van der Waals surface area contributed by atoms with E-state index in [9.17, 15) is 0 Å². The molecule has 0 radical (unpaired) electrons. The molecule has 0 bridgehead atoms. The fourth-order valence-electron chi connectivity index (χ4n) is 2.41. The van der Waals surface area contributed by atoms with Crippen LogP contribution in [-0.4, -0.2) is 47.2 Å². The maximum absolute atomic E-state index is 5.71. The fraction of sp³-hybridized carbons (Fsp3) is 0.750. The van der Waals surface area contributed by atoms with Crippen LogP contribution in [-0.2, 0) is 16.5 Å². The zero-order chi connectivity index (χ0) is 12.4. The van der Waals surface area contributed by atoms with Crippen LogP contribution in [0.5, 0.6) is 5.88 Å². The average molecular weight is 253 g/mol. The molecule has 1 atom stereocenters. The Morgan fingerprint density at radius 2 is 2.22 bits per heavy atom. The van der Waals surface area contributed by atoms with Crippen molar-refractivity contribution in [3.05, 3.63) is 12.5 Å². The van der Waals surface area contributed by atoms with Gasteiger partial charge < -0.3 is 18.9 Å². The number of hydrogen-bond acceptors (Lipinski definition) is 5. The Kier molecular flexibility index (Phi) is 3.49. The van der Waals surface area contributed by atoms with Gasteiger partial charge in [-0.05, 0) is 12.8 Å². The summed E-state index contributed by atoms with van der Waals surface area (Å²) >= 11 is 0. The Morgan fingerprint density at radius 3 is 2.94 bits per heavy atom. The first-order chi connectivity index (χ1) is 8.81. The third kappa shape index (κ3) is 2.66. The average Bonchev–Trinajstić information content (AvgIpc) is 3.01. The lowest BCUT2D eigenvalue weighted by atomic mass is 10.1. The molecule has 100 valence electrons. The highest BCUT2D eigenvalue weighted by Gasteiger charge is 2.33. The van der Waals surface area contributed by atoms with Gasteiger partial charge in [-0.2, -0.15) is 0 Å². The third-order valence-corrected chi connectivity index (χ3v) is 3.33. The predicted octanol–water partition coefficient (Wildman–Crippen LogP) is 0.799. The topological polar surface area (TPSA) is 48.8 Å². The van der Waals surface area contributed by atoms with Gasteiger partial charge in [-0.25, -0.2) is 4.98 Å². The minimum absolute atomic E-state index is 0.0592. The van der Waals surface area contributed by atoms with E-state index in [1.165, 1.54) is 0 Å². The number of nitrogens with zero attached hydrogens (tertiary/aromatic N) is 3. The molecule has 18 heavy (non-hydrogen) atoms. The Morgan fingerprint density at radius 1 is 1.39 bits per heavy atom. The molecule has 3 rings (SSSR count). The van der Waals surface area contributed by atoms with Crippen LogP contribution >= 0.6 is 0 Å². The van der Waals surface area contributed by atoms with Crippen molar-refractivity contribution in [2.45, 2.75) is 19.1 Å². The summed E-state index contributed by atoms with van der Waals surface area (Å²) < 4.78 is 13.2. The van der Waals surface area contributed by atoms with E-state index < -0.39 is 0 Å². The van der Waals surface area contributed by atoms with Gasteiger partial charge in [0.25, 0.3) is 5.88 Å². The molecular weight excluding hydrogens is 234 g/mol. The standard InChI is InChI=1S/C12H19N3O3/c1-14-8-11(13-9-14)18-15-4-3-10(7-15)12-16-5-2-6-17-12/h8-10,12H,2-7H2,1H3/t10-/m0/s1. The Hall–Kier alpha value is -1.11. The predicted molar refractivity (Wildman–Crippen MR) is 63.8 cm³/mol. The summed E-state index contributed by atoms with van der Waals surface area (Å²) in [4.78, 5) is 9.86. The van der Waals surface area contributed by atoms with Crippen LogP contribution in [0.2, 0.25) is 0 Å². The largest absolute Gasteiger partial charge is 0.384 e. The van der Waals surface area contributed by atoms with Gasteiger partial charge in [0.2, 0.25) is 0 Å². The SMILES string of the molecule is Cn1cnc(ON2CC[C@H](C3OCCCO3)C2)c1. The van der Waals surface area contributed by atoms with Crippen molar-refractivity contribution in [3.8, 4) is 5.88 Å². The Bertz CT molecular complexity index is 390. The summed E-state index contributed by atoms with van der Waals surface area (Å²) in [5, 5.41) is 1.94. The van der Waals surface area contributed by atoms with Crippen molar-refractivity contribution in [2.24, 2.45) is 13.0 Å². The molecule has 2 fully saturated rings. The van der Waals surface area contributed by atoms with Crippen LogP contribution in [0.25, 0.3) is 0 Å². The number of hydroxylamine groups is 2. The first-order valence-corrected chi connectivity index (χ1v) is 6.45. The van der Waals surface area contributed by atoms with E-state index in [0.717, 1.165) is 39.1 Å². The second kappa shape index (κ2) is 5.26. The van der Waals surface area contributed by atoms with Crippen molar-refractivity contribution in [1.29, 1.82) is 0 Å². The zero-order valence-electron chi connectivity index (χ0n) is 10.6. The maximum atomic E-state index is 5.71. The van der Waals surface area contributed by atoms with Crippen molar-refractivity contribution in [1.82, 2.24) is 14.6 Å². The number of hydrogen-bond donors (Lipinski definition) is 0. The molecule has 1 aromatic heterocycles. The zero-order valence-corrected chi connectivity index (χ0v) is 10.6. The van der Waals surface area contributed by atoms with E-state index in [0.29, 0.717) is 11.8 Å². The molecule has 0 amide bonds. The molecule has 0 aliphatic carbocycles. The monoisotopic (exact) mass is 253 g/mol. The van der Waals surface area contributed by atoms with Gasteiger partial charge in [-0.3, -0.25) is 0 Å². The highest BCUT2D eigenvalue weighted by molar-refractivity contribution is 5.02. The number of rotatable bonds is 3. The third-order valence-electron chi connectivity index (χ3n) is 3.33. The van der Waals surface area contributed by atoms with Crippen LogP contribution in [0.4, 0.5) is 0 Å². The van der Waals surface area contributed by atoms with E-state index in [4.69, 9.17) is 14.3 Å². The highest BCUT2D eigenvalue weighted by Crippen LogP contribution is 2.25. The minimum atomic E-state index is -0.0592. The lowest BCUT2D eigenvalue weighted by molar-refractivity contribution is -0.205. The molecular formula is C12H19N3O3. The molecule has 0 unspecified atom stereocenters. The lowest BCUT2D eigenvalue weighted by Gasteiger charge is -2.27. The van der Waals surface area contributed by atoms with E-state index in [1.807, 2.05) is 22.9 Å². The van der Waals surface area contributed by atoms with Gasteiger partial charge in [0.1, 0.15) is 0 Å². The molecule has 2 aliphatic rings. The van der Waals surface area contributed by atoms with Crippen LogP contribution in [0, 0.1) is 5.92 Å². The number of ether oxygens (including phenoxy) is 2. The van der Waals surface area contributed by atoms with E-state index in [1.54, 1.807) is 6.33 Å². The van der Waals surface area contributed by atoms with Gasteiger partial charge in [0, 0.05) is 26.1 Å². The van der Waals surface area contributed by atoms with Gasteiger partial charge in [0.15, 0.2) is 6.29 Å². The molecule has 6 nitrogen and oxygen atoms in total. The lowest BCUT2D eigenvalue weighted by Crippen LogP contribution is -2.34. The summed E-state index contributed by atoms with van der Waals surface area (Å²) in [5.74, 6) is 1.04. The van der Waals surface area contributed by atoms with E-state index in [2.05, 4.69) is 4.98 Å². The van der Waals surface area contributed by atoms with Gasteiger partial charge in [-0.1, -0.05) is 0 Å². The summed E-state index contributed by atoms with van der Waals surface area (Å²) in [6.45, 7) is 3.34. The Labute approximate surface area is 106 Å². The van der Waals surface area contributed by atoms with Crippen LogP contribution in [0.3, 0.4) is 0 Å². The fourth-order valence-corrected chi connectivity index (χ4v) is 2.41. The molecule has 2 aliphatic heterocycles. The van der Waals surface area contributed by atoms with E-state index >= 15 is 0 Å². The highest BCUT2D eigenvalue weighted by atomic mass is 16.7. The smallest absolute Gasteiger partial charge is 0.255 e.